The third-order valence-corrected chi connectivity index (χ3v) is 3.03. The Kier molecular flexibility index (Phi) is 6.24. The van der Waals surface area contributed by atoms with Crippen LogP contribution in [-0.2, 0) is 9.63 Å². The molecule has 0 aliphatic heterocycles. The van der Waals surface area contributed by atoms with Crippen molar-refractivity contribution in [3.63, 3.8) is 0 Å². The van der Waals surface area contributed by atoms with E-state index in [0.717, 1.165) is 31.2 Å². The number of thiazole rings is 1. The van der Waals surface area contributed by atoms with Crippen LogP contribution in [0.1, 0.15) is 37.8 Å². The van der Waals surface area contributed by atoms with E-state index >= 15 is 0 Å². The number of hydrogen-bond donors (Lipinski definition) is 1. The summed E-state index contributed by atoms with van der Waals surface area (Å²) in [6.45, 7) is 2.56. The van der Waals surface area contributed by atoms with Crippen LogP contribution in [0.2, 0.25) is 0 Å². The van der Waals surface area contributed by atoms with Crippen molar-refractivity contribution in [1.29, 1.82) is 0 Å². The van der Waals surface area contributed by atoms with Crippen LogP contribution in [0.4, 0.5) is 5.13 Å². The number of aromatic nitrogens is 1. The van der Waals surface area contributed by atoms with E-state index in [1.165, 1.54) is 11.3 Å². The molecule has 94 valence electrons. The highest BCUT2D eigenvalue weighted by Gasteiger charge is 2.15. The van der Waals surface area contributed by atoms with Gasteiger partial charge < -0.3 is 10.6 Å². The maximum atomic E-state index is 10.0. The van der Waals surface area contributed by atoms with Crippen LogP contribution in [0.3, 0.4) is 0 Å². The van der Waals surface area contributed by atoms with Gasteiger partial charge in [-0.25, -0.2) is 4.98 Å². The van der Waals surface area contributed by atoms with Gasteiger partial charge in [-0.05, 0) is 6.42 Å². The summed E-state index contributed by atoms with van der Waals surface area (Å²) < 4.78 is 0. The highest BCUT2D eigenvalue weighted by atomic mass is 32.1. The monoisotopic (exact) mass is 255 g/mol. The summed E-state index contributed by atoms with van der Waals surface area (Å²) in [4.78, 5) is 19.4. The first-order valence-electron chi connectivity index (χ1n) is 5.58. The topological polar surface area (TPSA) is 77.6 Å². The minimum absolute atomic E-state index is 0.187. The minimum Gasteiger partial charge on any atom is -0.395 e. The molecule has 1 rings (SSSR count). The number of carbonyl (C=O) groups is 1. The summed E-state index contributed by atoms with van der Waals surface area (Å²) in [5, 5.41) is 6.04. The third-order valence-electron chi connectivity index (χ3n) is 2.34. The molecule has 17 heavy (non-hydrogen) atoms. The number of nitrogens with zero attached hydrogens (tertiary/aromatic N) is 2. The zero-order valence-electron chi connectivity index (χ0n) is 9.83. The average Bonchev–Trinajstić information content (AvgIpc) is 2.75. The summed E-state index contributed by atoms with van der Waals surface area (Å²) in [6.07, 6.45) is 4.88. The highest BCUT2D eigenvalue weighted by molar-refractivity contribution is 7.13. The van der Waals surface area contributed by atoms with Gasteiger partial charge in [0.15, 0.2) is 11.4 Å². The van der Waals surface area contributed by atoms with Crippen LogP contribution in [0.15, 0.2) is 10.5 Å². The number of nitrogens with two attached hydrogens (primary N) is 1. The number of carbonyl (C=O) groups excluding carboxylic acids is 1. The Morgan fingerprint density at radius 3 is 3.12 bits per heavy atom. The predicted molar refractivity (Wildman–Crippen MR) is 69.3 cm³/mol. The van der Waals surface area contributed by atoms with Crippen molar-refractivity contribution < 1.29 is 9.63 Å². The molecule has 0 fully saturated rings. The van der Waals surface area contributed by atoms with Gasteiger partial charge in [-0.2, -0.15) is 0 Å². The average molecular weight is 255 g/mol. The summed E-state index contributed by atoms with van der Waals surface area (Å²) >= 11 is 1.43. The zero-order chi connectivity index (χ0) is 12.5. The minimum atomic E-state index is 0.187. The summed E-state index contributed by atoms with van der Waals surface area (Å²) in [7, 11) is 0. The number of rotatable bonds is 8. The molecular weight excluding hydrogens is 238 g/mol. The van der Waals surface area contributed by atoms with Crippen molar-refractivity contribution in [2.24, 2.45) is 5.16 Å². The normalized spacial score (nSPS) is 12.8. The zero-order valence-corrected chi connectivity index (χ0v) is 10.7. The van der Waals surface area contributed by atoms with Crippen LogP contribution in [0, 0.1) is 0 Å². The molecule has 1 atom stereocenters. The molecule has 1 aromatic heterocycles. The summed E-state index contributed by atoms with van der Waals surface area (Å²) in [5.74, 6) is 0.187. The third kappa shape index (κ3) is 4.95. The van der Waals surface area contributed by atoms with E-state index in [4.69, 9.17) is 10.6 Å². The van der Waals surface area contributed by atoms with Gasteiger partial charge >= 0.3 is 0 Å². The van der Waals surface area contributed by atoms with E-state index in [0.29, 0.717) is 18.0 Å². The van der Waals surface area contributed by atoms with Gasteiger partial charge in [0.2, 0.25) is 0 Å². The van der Waals surface area contributed by atoms with Gasteiger partial charge in [0, 0.05) is 11.3 Å². The number of nitrogen functional groups attached to an aromatic ring is 1. The van der Waals surface area contributed by atoms with Gasteiger partial charge in [0.25, 0.3) is 0 Å². The first kappa shape index (κ1) is 13.6. The lowest BCUT2D eigenvalue weighted by Crippen LogP contribution is -2.07. The van der Waals surface area contributed by atoms with Crippen molar-refractivity contribution in [2.45, 2.75) is 32.1 Å². The highest BCUT2D eigenvalue weighted by Crippen LogP contribution is 2.25. The molecule has 0 saturated carbocycles. The molecule has 0 aliphatic carbocycles. The fraction of sp³-hybridized carbons (Fsp3) is 0.545. The molecule has 1 unspecified atom stereocenters. The fourth-order valence-corrected chi connectivity index (χ4v) is 2.10. The lowest BCUT2D eigenvalue weighted by atomic mass is 10.0. The van der Waals surface area contributed by atoms with E-state index in [-0.39, 0.29) is 5.92 Å². The van der Waals surface area contributed by atoms with Crippen molar-refractivity contribution in [3.05, 3.63) is 11.1 Å². The lowest BCUT2D eigenvalue weighted by Gasteiger charge is -2.12. The first-order chi connectivity index (χ1) is 8.27. The Hall–Kier alpha value is -1.43. The van der Waals surface area contributed by atoms with Crippen molar-refractivity contribution in [3.8, 4) is 0 Å². The Morgan fingerprint density at radius 2 is 2.53 bits per heavy atom. The summed E-state index contributed by atoms with van der Waals surface area (Å²) in [5.41, 5.74) is 6.56. The number of hydrogen-bond acceptors (Lipinski definition) is 6. The van der Waals surface area contributed by atoms with Crippen LogP contribution in [-0.4, -0.2) is 24.1 Å². The van der Waals surface area contributed by atoms with Gasteiger partial charge in [-0.1, -0.05) is 24.9 Å². The number of unbranched alkanes of at least 4 members (excludes halogenated alkanes) is 1. The molecule has 6 heteroatoms. The van der Waals surface area contributed by atoms with E-state index in [2.05, 4.69) is 17.1 Å². The maximum Gasteiger partial charge on any atom is 0.180 e. The quantitative estimate of drug-likeness (QED) is 0.439. The molecule has 0 spiro atoms. The second-order valence-corrected chi connectivity index (χ2v) is 4.53. The smallest absolute Gasteiger partial charge is 0.180 e. The van der Waals surface area contributed by atoms with Crippen molar-refractivity contribution >= 4 is 29.0 Å². The molecule has 0 radical (unpaired) electrons. The second-order valence-electron chi connectivity index (χ2n) is 3.64. The Labute approximate surface area is 105 Å². The fourth-order valence-electron chi connectivity index (χ4n) is 1.46. The number of aldehydes is 1. The van der Waals surface area contributed by atoms with Gasteiger partial charge in [0.1, 0.15) is 12.8 Å². The van der Waals surface area contributed by atoms with E-state index in [1.54, 1.807) is 0 Å². The second kappa shape index (κ2) is 7.78. The molecule has 5 nitrogen and oxygen atoms in total. The van der Waals surface area contributed by atoms with Crippen LogP contribution in [0.25, 0.3) is 0 Å². The Morgan fingerprint density at radius 1 is 1.71 bits per heavy atom. The SMILES string of the molecule is CCCCC(CON=CC=O)c1csc(N)n1. The molecule has 1 heterocycles. The van der Waals surface area contributed by atoms with Crippen molar-refractivity contribution in [2.75, 3.05) is 12.3 Å². The van der Waals surface area contributed by atoms with Crippen LogP contribution >= 0.6 is 11.3 Å². The Bertz CT molecular complexity index is 365. The molecule has 1 aromatic rings. The molecule has 0 amide bonds. The van der Waals surface area contributed by atoms with E-state index in [9.17, 15) is 4.79 Å². The Balaban J connectivity index is 2.53. The van der Waals surface area contributed by atoms with Crippen LogP contribution < -0.4 is 5.73 Å². The van der Waals surface area contributed by atoms with Gasteiger partial charge in [-0.15, -0.1) is 11.3 Å². The largest absolute Gasteiger partial charge is 0.395 e. The molecule has 0 saturated heterocycles. The van der Waals surface area contributed by atoms with Gasteiger partial charge in [0.05, 0.1) is 5.69 Å². The summed E-state index contributed by atoms with van der Waals surface area (Å²) in [6, 6.07) is 0. The molecule has 0 aromatic carbocycles. The number of anilines is 1. The lowest BCUT2D eigenvalue weighted by molar-refractivity contribution is -0.102. The predicted octanol–water partition coefficient (Wildman–Crippen LogP) is 2.20. The molecule has 0 bridgehead atoms. The molecule has 0 aliphatic rings. The van der Waals surface area contributed by atoms with E-state index < -0.39 is 0 Å². The maximum absolute atomic E-state index is 10.0. The van der Waals surface area contributed by atoms with Crippen LogP contribution in [0.5, 0.6) is 0 Å². The van der Waals surface area contributed by atoms with Gasteiger partial charge in [-0.3, -0.25) is 4.79 Å². The molecular formula is C11H17N3O2S. The number of oxime groups is 1. The van der Waals surface area contributed by atoms with Crippen molar-refractivity contribution in [1.82, 2.24) is 4.98 Å². The standard InChI is InChI=1S/C11H17N3O2S/c1-2-3-4-9(7-16-13-5-6-15)10-8-17-11(12)14-10/h5-6,8-9H,2-4,7H2,1H3,(H2,12,14). The molecule has 2 N–H and O–H groups in total. The first-order valence-corrected chi connectivity index (χ1v) is 6.45. The van der Waals surface area contributed by atoms with E-state index in [1.807, 2.05) is 5.38 Å².